The molecule has 0 saturated heterocycles. The van der Waals surface area contributed by atoms with Gasteiger partial charge in [-0.05, 0) is 49.8 Å². The van der Waals surface area contributed by atoms with Crippen molar-refractivity contribution in [2.75, 3.05) is 0 Å². The van der Waals surface area contributed by atoms with Crippen molar-refractivity contribution >= 4 is 0 Å². The number of nitrogens with one attached hydrogen (secondary N) is 1. The van der Waals surface area contributed by atoms with E-state index in [1.165, 1.54) is 18.4 Å². The van der Waals surface area contributed by atoms with Crippen LogP contribution in [0.15, 0.2) is 43.0 Å². The molecule has 0 amide bonds. The molecule has 3 aromatic rings. The molecule has 4 nitrogen and oxygen atoms in total. The lowest BCUT2D eigenvalue weighted by molar-refractivity contribution is 0.380. The van der Waals surface area contributed by atoms with Gasteiger partial charge in [-0.2, -0.15) is 0 Å². The van der Waals surface area contributed by atoms with E-state index in [0.29, 0.717) is 12.0 Å². The van der Waals surface area contributed by atoms with Gasteiger partial charge < -0.3 is 9.55 Å². The van der Waals surface area contributed by atoms with Crippen LogP contribution in [0.2, 0.25) is 0 Å². The van der Waals surface area contributed by atoms with Crippen molar-refractivity contribution in [1.29, 1.82) is 0 Å². The summed E-state index contributed by atoms with van der Waals surface area (Å²) in [7, 11) is 0. The smallest absolute Gasteiger partial charge is 0.160 e. The Morgan fingerprint density at radius 2 is 2.04 bits per heavy atom. The van der Waals surface area contributed by atoms with Crippen LogP contribution in [0.1, 0.15) is 36.6 Å². The molecular weight excluding hydrogens is 303 g/mol. The first kappa shape index (κ1) is 15.1. The highest BCUT2D eigenvalue weighted by molar-refractivity contribution is 5.53. The fraction of sp³-hybridized carbons (Fsp3) is 0.368. The fourth-order valence-electron chi connectivity index (χ4n) is 3.89. The minimum Gasteiger partial charge on any atom is -0.348 e. The van der Waals surface area contributed by atoms with Crippen LogP contribution in [0.5, 0.6) is 0 Å². The van der Waals surface area contributed by atoms with Crippen molar-refractivity contribution in [2.45, 2.75) is 38.6 Å². The number of hydrogen-bond acceptors (Lipinski definition) is 2. The molecule has 0 aliphatic heterocycles. The van der Waals surface area contributed by atoms with Crippen LogP contribution in [0, 0.1) is 18.7 Å². The van der Waals surface area contributed by atoms with E-state index in [1.807, 2.05) is 25.3 Å². The number of H-pyrrole nitrogens is 1. The number of hydrogen-bond donors (Lipinski definition) is 1. The van der Waals surface area contributed by atoms with Crippen molar-refractivity contribution in [3.05, 3.63) is 60.1 Å². The molecule has 0 bridgehead atoms. The van der Waals surface area contributed by atoms with Gasteiger partial charge >= 0.3 is 0 Å². The summed E-state index contributed by atoms with van der Waals surface area (Å²) in [5.74, 6) is 1.31. The van der Waals surface area contributed by atoms with Crippen LogP contribution >= 0.6 is 0 Å². The Hall–Kier alpha value is -2.43. The van der Waals surface area contributed by atoms with Crippen molar-refractivity contribution in [3.8, 4) is 11.5 Å². The molecule has 1 N–H and O–H groups in total. The SMILES string of the molecule is Cc1[nH]cnc1-c1nccn1[C@H]1CCC[C@H]1Cc1ccc(F)cc1. The second kappa shape index (κ2) is 6.23. The lowest BCUT2D eigenvalue weighted by Crippen LogP contribution is -2.17. The first-order valence-electron chi connectivity index (χ1n) is 8.50. The molecule has 1 aliphatic rings. The Kier molecular flexibility index (Phi) is 3.92. The minimum absolute atomic E-state index is 0.173. The van der Waals surface area contributed by atoms with Crippen molar-refractivity contribution in [1.82, 2.24) is 19.5 Å². The normalized spacial score (nSPS) is 20.6. The number of aryl methyl sites for hydroxylation is 1. The number of rotatable bonds is 4. The van der Waals surface area contributed by atoms with E-state index < -0.39 is 0 Å². The van der Waals surface area contributed by atoms with Crippen LogP contribution < -0.4 is 0 Å². The number of aromatic nitrogens is 4. The zero-order valence-corrected chi connectivity index (χ0v) is 13.7. The van der Waals surface area contributed by atoms with Gasteiger partial charge in [0.05, 0.1) is 6.33 Å². The average Bonchev–Trinajstić information content (AvgIpc) is 3.29. The maximum absolute atomic E-state index is 13.1. The molecule has 1 saturated carbocycles. The summed E-state index contributed by atoms with van der Waals surface area (Å²) in [6.07, 6.45) is 10.2. The Bertz CT molecular complexity index is 818. The molecule has 0 unspecified atom stereocenters. The van der Waals surface area contributed by atoms with Crippen molar-refractivity contribution < 1.29 is 4.39 Å². The Morgan fingerprint density at radius 1 is 1.21 bits per heavy atom. The third-order valence-electron chi connectivity index (χ3n) is 5.10. The van der Waals surface area contributed by atoms with Crippen LogP contribution in [-0.2, 0) is 6.42 Å². The number of nitrogens with zero attached hydrogens (tertiary/aromatic N) is 3. The van der Waals surface area contributed by atoms with E-state index in [0.717, 1.165) is 30.1 Å². The van der Waals surface area contributed by atoms with Gasteiger partial charge in [-0.1, -0.05) is 18.6 Å². The largest absolute Gasteiger partial charge is 0.348 e. The Morgan fingerprint density at radius 3 is 2.79 bits per heavy atom. The van der Waals surface area contributed by atoms with Gasteiger partial charge in [0.15, 0.2) is 5.82 Å². The summed E-state index contributed by atoms with van der Waals surface area (Å²) >= 11 is 0. The number of halogens is 1. The zero-order valence-electron chi connectivity index (χ0n) is 13.7. The van der Waals surface area contributed by atoms with Crippen molar-refractivity contribution in [3.63, 3.8) is 0 Å². The van der Waals surface area contributed by atoms with Gasteiger partial charge in [-0.15, -0.1) is 0 Å². The summed E-state index contributed by atoms with van der Waals surface area (Å²) in [6.45, 7) is 2.02. The van der Waals surface area contributed by atoms with E-state index in [9.17, 15) is 4.39 Å². The number of imidazole rings is 2. The third kappa shape index (κ3) is 2.75. The van der Waals surface area contributed by atoms with E-state index in [2.05, 4.69) is 25.7 Å². The summed E-state index contributed by atoms with van der Waals surface area (Å²) in [5.41, 5.74) is 3.16. The molecule has 5 heteroatoms. The van der Waals surface area contributed by atoms with E-state index in [-0.39, 0.29) is 5.82 Å². The number of aromatic amines is 1. The molecule has 0 spiro atoms. The zero-order chi connectivity index (χ0) is 16.5. The summed E-state index contributed by atoms with van der Waals surface area (Å²) in [5, 5.41) is 0. The summed E-state index contributed by atoms with van der Waals surface area (Å²) < 4.78 is 15.4. The topological polar surface area (TPSA) is 46.5 Å². The molecule has 24 heavy (non-hydrogen) atoms. The molecule has 2 atom stereocenters. The van der Waals surface area contributed by atoms with Gasteiger partial charge in [-0.3, -0.25) is 0 Å². The number of benzene rings is 1. The van der Waals surface area contributed by atoms with Crippen molar-refractivity contribution in [2.24, 2.45) is 5.92 Å². The highest BCUT2D eigenvalue weighted by Crippen LogP contribution is 2.40. The Labute approximate surface area is 140 Å². The van der Waals surface area contributed by atoms with E-state index >= 15 is 0 Å². The second-order valence-corrected chi connectivity index (χ2v) is 6.62. The highest BCUT2D eigenvalue weighted by atomic mass is 19.1. The molecule has 1 aliphatic carbocycles. The molecule has 0 radical (unpaired) electrons. The predicted octanol–water partition coefficient (Wildman–Crippen LogP) is 4.30. The molecule has 2 aromatic heterocycles. The highest BCUT2D eigenvalue weighted by Gasteiger charge is 2.30. The lowest BCUT2D eigenvalue weighted by atomic mass is 9.94. The second-order valence-electron chi connectivity index (χ2n) is 6.62. The molecule has 1 fully saturated rings. The van der Waals surface area contributed by atoms with Crippen LogP contribution in [0.4, 0.5) is 4.39 Å². The third-order valence-corrected chi connectivity index (χ3v) is 5.10. The quantitative estimate of drug-likeness (QED) is 0.777. The van der Waals surface area contributed by atoms with Crippen LogP contribution in [-0.4, -0.2) is 19.5 Å². The summed E-state index contributed by atoms with van der Waals surface area (Å²) in [6, 6.07) is 7.32. The molecular formula is C19H21FN4. The molecule has 2 heterocycles. The standard InChI is InChI=1S/C19H21FN4/c1-13-18(23-12-22-13)19-21-9-10-24(19)17-4-2-3-15(17)11-14-5-7-16(20)8-6-14/h5-10,12,15,17H,2-4,11H2,1H3,(H,22,23)/t15-,17-/m0/s1. The van der Waals surface area contributed by atoms with Gasteiger partial charge in [0.25, 0.3) is 0 Å². The molecule has 1 aromatic carbocycles. The molecule has 4 rings (SSSR count). The maximum atomic E-state index is 13.1. The first-order valence-corrected chi connectivity index (χ1v) is 8.50. The summed E-state index contributed by atoms with van der Waals surface area (Å²) in [4.78, 5) is 12.1. The Balaban J connectivity index is 1.61. The maximum Gasteiger partial charge on any atom is 0.160 e. The molecule has 124 valence electrons. The van der Waals surface area contributed by atoms with Crippen LogP contribution in [0.25, 0.3) is 11.5 Å². The van der Waals surface area contributed by atoms with Gasteiger partial charge in [-0.25, -0.2) is 14.4 Å². The first-order chi connectivity index (χ1) is 11.7. The van der Waals surface area contributed by atoms with Gasteiger partial charge in [0, 0.05) is 24.1 Å². The van der Waals surface area contributed by atoms with Crippen LogP contribution in [0.3, 0.4) is 0 Å². The van der Waals surface area contributed by atoms with Gasteiger partial charge in [0.2, 0.25) is 0 Å². The monoisotopic (exact) mass is 324 g/mol. The predicted molar refractivity (Wildman–Crippen MR) is 91.0 cm³/mol. The minimum atomic E-state index is -0.173. The van der Waals surface area contributed by atoms with E-state index in [1.54, 1.807) is 18.5 Å². The van der Waals surface area contributed by atoms with E-state index in [4.69, 9.17) is 0 Å². The van der Waals surface area contributed by atoms with Gasteiger partial charge in [0.1, 0.15) is 11.5 Å². The average molecular weight is 324 g/mol. The fourth-order valence-corrected chi connectivity index (χ4v) is 3.89. The lowest BCUT2D eigenvalue weighted by Gasteiger charge is -2.23.